The Labute approximate surface area is 95.1 Å². The topological polar surface area (TPSA) is 64.7 Å². The highest BCUT2D eigenvalue weighted by Crippen LogP contribution is 2.23. The average molecular weight is 222 g/mol. The van der Waals surface area contributed by atoms with Crippen LogP contribution in [0.1, 0.15) is 0 Å². The van der Waals surface area contributed by atoms with E-state index >= 15 is 0 Å². The number of benzene rings is 2. The summed E-state index contributed by atoms with van der Waals surface area (Å²) in [4.78, 5) is 8.79. The molecule has 0 aliphatic carbocycles. The lowest BCUT2D eigenvalue weighted by molar-refractivity contribution is 0.314. The summed E-state index contributed by atoms with van der Waals surface area (Å²) in [5.74, 6) is 0. The largest absolute Gasteiger partial charge is 0.243 e. The van der Waals surface area contributed by atoms with E-state index in [4.69, 9.17) is 0 Å². The molecule has 17 heavy (non-hydrogen) atoms. The van der Waals surface area contributed by atoms with E-state index in [0.717, 1.165) is 21.8 Å². The zero-order chi connectivity index (χ0) is 11.2. The summed E-state index contributed by atoms with van der Waals surface area (Å²) in [6, 6.07) is 12.0. The summed E-state index contributed by atoms with van der Waals surface area (Å²) in [6.07, 6.45) is 0. The van der Waals surface area contributed by atoms with Gasteiger partial charge in [0.15, 0.2) is 0 Å². The van der Waals surface area contributed by atoms with Gasteiger partial charge in [0.05, 0.1) is 11.0 Å². The molecule has 4 aromatic rings. The van der Waals surface area contributed by atoms with E-state index < -0.39 is 0 Å². The van der Waals surface area contributed by atoms with E-state index in [9.17, 15) is 0 Å². The van der Waals surface area contributed by atoms with Crippen molar-refractivity contribution in [2.24, 2.45) is 0 Å². The number of rotatable bonds is 0. The summed E-state index contributed by atoms with van der Waals surface area (Å²) in [5.41, 5.74) is 2.50. The third-order valence-electron chi connectivity index (χ3n) is 2.78. The van der Waals surface area contributed by atoms with Crippen molar-refractivity contribution < 1.29 is 4.63 Å². The molecule has 0 spiro atoms. The zero-order valence-corrected chi connectivity index (χ0v) is 8.66. The zero-order valence-electron chi connectivity index (χ0n) is 8.66. The van der Waals surface area contributed by atoms with Gasteiger partial charge < -0.3 is 0 Å². The SMILES string of the molecule is c1ccc2c(c1)ccc1nc3nonc3nc12. The van der Waals surface area contributed by atoms with Crippen molar-refractivity contribution in [2.45, 2.75) is 0 Å². The molecule has 5 nitrogen and oxygen atoms in total. The fourth-order valence-corrected chi connectivity index (χ4v) is 1.99. The quantitative estimate of drug-likeness (QED) is 0.427. The number of fused-ring (bicyclic) bond motifs is 4. The van der Waals surface area contributed by atoms with Gasteiger partial charge in [-0.2, -0.15) is 0 Å². The Bertz CT molecular complexity index is 853. The van der Waals surface area contributed by atoms with Crippen molar-refractivity contribution in [3.05, 3.63) is 36.4 Å². The van der Waals surface area contributed by atoms with Crippen molar-refractivity contribution in [3.8, 4) is 0 Å². The first-order chi connectivity index (χ1) is 8.42. The molecule has 2 heterocycles. The molecule has 80 valence electrons. The number of hydrogen-bond donors (Lipinski definition) is 0. The van der Waals surface area contributed by atoms with Gasteiger partial charge in [-0.05, 0) is 21.8 Å². The van der Waals surface area contributed by atoms with Gasteiger partial charge in [-0.15, -0.1) is 0 Å². The van der Waals surface area contributed by atoms with Crippen molar-refractivity contribution in [3.63, 3.8) is 0 Å². The highest BCUT2D eigenvalue weighted by atomic mass is 16.6. The molecular formula is C12H6N4O. The van der Waals surface area contributed by atoms with Crippen LogP contribution in [0.4, 0.5) is 0 Å². The van der Waals surface area contributed by atoms with Crippen molar-refractivity contribution in [1.29, 1.82) is 0 Å². The molecule has 0 radical (unpaired) electrons. The maximum atomic E-state index is 4.62. The lowest BCUT2D eigenvalue weighted by Crippen LogP contribution is -1.87. The molecule has 0 aliphatic heterocycles. The molecule has 0 saturated carbocycles. The Kier molecular flexibility index (Phi) is 1.50. The fourth-order valence-electron chi connectivity index (χ4n) is 1.99. The van der Waals surface area contributed by atoms with Gasteiger partial charge in [0.25, 0.3) is 0 Å². The molecule has 0 unspecified atom stereocenters. The lowest BCUT2D eigenvalue weighted by Gasteiger charge is -2.00. The Morgan fingerprint density at radius 3 is 2.59 bits per heavy atom. The number of nitrogens with zero attached hydrogens (tertiary/aromatic N) is 4. The Morgan fingerprint density at radius 2 is 1.65 bits per heavy atom. The van der Waals surface area contributed by atoms with E-state index in [1.165, 1.54) is 0 Å². The molecule has 2 aromatic carbocycles. The monoisotopic (exact) mass is 222 g/mol. The molecular weight excluding hydrogens is 216 g/mol. The highest BCUT2D eigenvalue weighted by molar-refractivity contribution is 6.05. The summed E-state index contributed by atoms with van der Waals surface area (Å²) < 4.78 is 4.62. The van der Waals surface area contributed by atoms with Crippen LogP contribution < -0.4 is 0 Å². The molecule has 0 bridgehead atoms. The Balaban J connectivity index is 2.30. The van der Waals surface area contributed by atoms with Crippen molar-refractivity contribution in [2.75, 3.05) is 0 Å². The van der Waals surface area contributed by atoms with Gasteiger partial charge in [0.2, 0.25) is 11.3 Å². The predicted molar refractivity (Wildman–Crippen MR) is 62.4 cm³/mol. The maximum absolute atomic E-state index is 4.62. The van der Waals surface area contributed by atoms with E-state index in [2.05, 4.69) is 24.9 Å². The molecule has 2 aromatic heterocycles. The third kappa shape index (κ3) is 1.13. The van der Waals surface area contributed by atoms with Crippen LogP contribution >= 0.6 is 0 Å². The van der Waals surface area contributed by atoms with Gasteiger partial charge in [0, 0.05) is 5.39 Å². The number of hydrogen-bond acceptors (Lipinski definition) is 5. The summed E-state index contributed by atoms with van der Waals surface area (Å²) in [7, 11) is 0. The van der Waals surface area contributed by atoms with Crippen LogP contribution in [0.3, 0.4) is 0 Å². The van der Waals surface area contributed by atoms with Crippen molar-refractivity contribution in [1.82, 2.24) is 20.3 Å². The predicted octanol–water partition coefficient (Wildman–Crippen LogP) is 2.32. The second kappa shape index (κ2) is 2.98. The summed E-state index contributed by atoms with van der Waals surface area (Å²) in [5, 5.41) is 9.59. The fraction of sp³-hybridized carbons (Fsp3) is 0. The van der Waals surface area contributed by atoms with Crippen LogP contribution in [0.2, 0.25) is 0 Å². The van der Waals surface area contributed by atoms with Gasteiger partial charge in [-0.1, -0.05) is 30.3 Å². The van der Waals surface area contributed by atoms with Gasteiger partial charge >= 0.3 is 0 Å². The molecule has 0 aliphatic rings. The van der Waals surface area contributed by atoms with Crippen LogP contribution in [0.15, 0.2) is 41.0 Å². The minimum atomic E-state index is 0.438. The first-order valence-corrected chi connectivity index (χ1v) is 5.19. The summed E-state index contributed by atoms with van der Waals surface area (Å²) in [6.45, 7) is 0. The van der Waals surface area contributed by atoms with E-state index in [0.29, 0.717) is 11.3 Å². The molecule has 0 fully saturated rings. The number of aromatic nitrogens is 4. The van der Waals surface area contributed by atoms with Gasteiger partial charge in [0.1, 0.15) is 0 Å². The van der Waals surface area contributed by atoms with E-state index in [1.807, 2.05) is 36.4 Å². The normalized spacial score (nSPS) is 11.5. The van der Waals surface area contributed by atoms with E-state index in [-0.39, 0.29) is 0 Å². The van der Waals surface area contributed by atoms with Crippen LogP contribution in [0.25, 0.3) is 33.1 Å². The molecule has 0 atom stereocenters. The molecule has 5 heteroatoms. The Morgan fingerprint density at radius 1 is 0.824 bits per heavy atom. The van der Waals surface area contributed by atoms with Gasteiger partial charge in [-0.3, -0.25) is 0 Å². The summed E-state index contributed by atoms with van der Waals surface area (Å²) >= 11 is 0. The third-order valence-corrected chi connectivity index (χ3v) is 2.78. The lowest BCUT2D eigenvalue weighted by atomic mass is 10.1. The first kappa shape index (κ1) is 8.58. The van der Waals surface area contributed by atoms with Crippen LogP contribution in [0, 0.1) is 0 Å². The van der Waals surface area contributed by atoms with Crippen LogP contribution in [-0.2, 0) is 0 Å². The molecule has 4 rings (SSSR count). The standard InChI is InChI=1S/C12H6N4O/c1-2-4-8-7(3-1)5-6-9-10(8)14-12-11(13-9)15-17-16-12/h1-6H. The second-order valence-electron chi connectivity index (χ2n) is 3.79. The highest BCUT2D eigenvalue weighted by Gasteiger charge is 2.08. The molecule has 0 N–H and O–H groups in total. The Hall–Kier alpha value is -2.56. The van der Waals surface area contributed by atoms with Crippen molar-refractivity contribution >= 4 is 33.1 Å². The second-order valence-corrected chi connectivity index (χ2v) is 3.79. The van der Waals surface area contributed by atoms with Crippen LogP contribution in [0.5, 0.6) is 0 Å². The minimum absolute atomic E-state index is 0.438. The first-order valence-electron chi connectivity index (χ1n) is 5.19. The molecule has 0 amide bonds. The van der Waals surface area contributed by atoms with Gasteiger partial charge in [-0.25, -0.2) is 14.6 Å². The van der Waals surface area contributed by atoms with Crippen LogP contribution in [-0.4, -0.2) is 20.3 Å². The van der Waals surface area contributed by atoms with E-state index in [1.54, 1.807) is 0 Å². The smallest absolute Gasteiger partial charge is 0.240 e. The average Bonchev–Trinajstić information content (AvgIpc) is 2.83. The molecule has 0 saturated heterocycles. The minimum Gasteiger partial charge on any atom is -0.240 e. The maximum Gasteiger partial charge on any atom is 0.243 e.